The fourth-order valence-corrected chi connectivity index (χ4v) is 3.00. The van der Waals surface area contributed by atoms with Crippen LogP contribution in [0.3, 0.4) is 0 Å². The Bertz CT molecular complexity index is 698. The van der Waals surface area contributed by atoms with Gasteiger partial charge in [-0.05, 0) is 42.2 Å². The Hall–Kier alpha value is -0.980. The van der Waals surface area contributed by atoms with Gasteiger partial charge in [0.25, 0.3) is 0 Å². The summed E-state index contributed by atoms with van der Waals surface area (Å²) in [5.74, 6) is 0. The minimum atomic E-state index is 0. The van der Waals surface area contributed by atoms with Crippen LogP contribution in [-0.2, 0) is 0 Å². The summed E-state index contributed by atoms with van der Waals surface area (Å²) in [4.78, 5) is 6.98. The molecular formula is C17H16ClIN2S. The average Bonchev–Trinajstić information content (AvgIpc) is 2.54. The quantitative estimate of drug-likeness (QED) is 0.313. The Kier molecular flexibility index (Phi) is 6.35. The molecule has 0 amide bonds. The van der Waals surface area contributed by atoms with E-state index in [1.165, 1.54) is 11.3 Å². The number of rotatable bonds is 1. The van der Waals surface area contributed by atoms with Crippen LogP contribution in [0, 0.1) is 0 Å². The lowest BCUT2D eigenvalue weighted by atomic mass is 10.1. The lowest BCUT2D eigenvalue weighted by Gasteiger charge is -2.28. The second kappa shape index (κ2) is 8.04. The van der Waals surface area contributed by atoms with Crippen LogP contribution in [0.25, 0.3) is 6.08 Å². The van der Waals surface area contributed by atoms with Gasteiger partial charge in [0.15, 0.2) is 5.17 Å². The molecule has 22 heavy (non-hydrogen) atoms. The van der Waals surface area contributed by atoms with Crippen molar-refractivity contribution in [1.82, 2.24) is 0 Å². The maximum absolute atomic E-state index is 5.92. The molecule has 1 aliphatic rings. The molecule has 0 aromatic heterocycles. The second-order valence-electron chi connectivity index (χ2n) is 4.65. The average molecular weight is 443 g/mol. The Balaban J connectivity index is 0.00000176. The van der Waals surface area contributed by atoms with Crippen molar-refractivity contribution >= 4 is 70.0 Å². The standard InChI is InChI=1S/C17H15ClN2S.HI/c1-21-17(19-15-10-8-14(18)9-11-15)20-12-4-6-13-5-2-3-7-16(13)20;/h2-11H,12H2,1H3;1H. The van der Waals surface area contributed by atoms with Crippen LogP contribution in [0.15, 0.2) is 59.6 Å². The first-order valence-corrected chi connectivity index (χ1v) is 8.29. The van der Waals surface area contributed by atoms with Crippen LogP contribution in [0.4, 0.5) is 11.4 Å². The molecule has 2 aromatic rings. The number of halogens is 2. The lowest BCUT2D eigenvalue weighted by molar-refractivity contribution is 1.13. The van der Waals surface area contributed by atoms with E-state index in [1.54, 1.807) is 11.8 Å². The molecule has 2 aromatic carbocycles. The van der Waals surface area contributed by atoms with E-state index in [2.05, 4.69) is 47.6 Å². The first-order valence-electron chi connectivity index (χ1n) is 6.69. The summed E-state index contributed by atoms with van der Waals surface area (Å²) >= 11 is 7.57. The van der Waals surface area contributed by atoms with E-state index in [0.717, 1.165) is 22.4 Å². The zero-order chi connectivity index (χ0) is 14.7. The van der Waals surface area contributed by atoms with Gasteiger partial charge in [-0.15, -0.1) is 24.0 Å². The molecule has 1 aliphatic heterocycles. The first-order chi connectivity index (χ1) is 10.3. The van der Waals surface area contributed by atoms with E-state index in [9.17, 15) is 0 Å². The topological polar surface area (TPSA) is 15.6 Å². The van der Waals surface area contributed by atoms with Gasteiger partial charge in [0.05, 0.1) is 11.4 Å². The Labute approximate surface area is 157 Å². The Morgan fingerprint density at radius 2 is 1.86 bits per heavy atom. The van der Waals surface area contributed by atoms with Gasteiger partial charge in [-0.2, -0.15) is 0 Å². The maximum Gasteiger partial charge on any atom is 0.168 e. The third-order valence-corrected chi connectivity index (χ3v) is 4.21. The third kappa shape index (κ3) is 3.86. The summed E-state index contributed by atoms with van der Waals surface area (Å²) in [6.07, 6.45) is 6.37. The molecule has 0 bridgehead atoms. The van der Waals surface area contributed by atoms with Gasteiger partial charge in [0, 0.05) is 11.6 Å². The molecule has 0 unspecified atom stereocenters. The smallest absolute Gasteiger partial charge is 0.168 e. The van der Waals surface area contributed by atoms with Crippen LogP contribution < -0.4 is 4.90 Å². The lowest BCUT2D eigenvalue weighted by Crippen LogP contribution is -2.30. The summed E-state index contributed by atoms with van der Waals surface area (Å²) in [7, 11) is 0. The van der Waals surface area contributed by atoms with Gasteiger partial charge < -0.3 is 4.90 Å². The Morgan fingerprint density at radius 3 is 2.59 bits per heavy atom. The van der Waals surface area contributed by atoms with Crippen LogP contribution >= 0.6 is 47.3 Å². The summed E-state index contributed by atoms with van der Waals surface area (Å²) in [5, 5.41) is 1.71. The van der Waals surface area contributed by atoms with Crippen LogP contribution in [0.2, 0.25) is 5.02 Å². The number of aliphatic imine (C=N–C) groups is 1. The van der Waals surface area contributed by atoms with E-state index in [1.807, 2.05) is 24.3 Å². The molecule has 0 atom stereocenters. The largest absolute Gasteiger partial charge is 0.317 e. The fraction of sp³-hybridized carbons (Fsp3) is 0.118. The SMILES string of the molecule is CSC(=Nc1ccc(Cl)cc1)N1CC=Cc2ccccc21.I. The Morgan fingerprint density at radius 1 is 1.14 bits per heavy atom. The van der Waals surface area contributed by atoms with Crippen molar-refractivity contribution < 1.29 is 0 Å². The van der Waals surface area contributed by atoms with Gasteiger partial charge in [-0.25, -0.2) is 4.99 Å². The van der Waals surface area contributed by atoms with Gasteiger partial charge in [0.1, 0.15) is 0 Å². The van der Waals surface area contributed by atoms with Crippen molar-refractivity contribution in [2.75, 3.05) is 17.7 Å². The van der Waals surface area contributed by atoms with Gasteiger partial charge in [-0.3, -0.25) is 0 Å². The summed E-state index contributed by atoms with van der Waals surface area (Å²) < 4.78 is 0. The molecule has 0 spiro atoms. The molecule has 5 heteroatoms. The number of benzene rings is 2. The number of amidine groups is 1. The molecule has 0 N–H and O–H groups in total. The zero-order valence-electron chi connectivity index (χ0n) is 12.1. The highest BCUT2D eigenvalue weighted by molar-refractivity contribution is 14.0. The van der Waals surface area contributed by atoms with Crippen molar-refractivity contribution in [3.05, 3.63) is 65.2 Å². The third-order valence-electron chi connectivity index (χ3n) is 3.28. The molecule has 0 saturated heterocycles. The minimum absolute atomic E-state index is 0. The normalized spacial score (nSPS) is 13.5. The molecule has 1 heterocycles. The van der Waals surface area contributed by atoms with E-state index in [0.29, 0.717) is 0 Å². The van der Waals surface area contributed by atoms with E-state index in [-0.39, 0.29) is 24.0 Å². The monoisotopic (exact) mass is 442 g/mol. The number of hydrogen-bond acceptors (Lipinski definition) is 2. The van der Waals surface area contributed by atoms with E-state index < -0.39 is 0 Å². The molecule has 3 rings (SSSR count). The van der Waals surface area contributed by atoms with Crippen molar-refractivity contribution in [3.63, 3.8) is 0 Å². The van der Waals surface area contributed by atoms with Crippen LogP contribution in [0.1, 0.15) is 5.56 Å². The van der Waals surface area contributed by atoms with Gasteiger partial charge in [-0.1, -0.05) is 53.7 Å². The summed E-state index contributed by atoms with van der Waals surface area (Å²) in [5.41, 5.74) is 3.33. The highest BCUT2D eigenvalue weighted by atomic mass is 127. The minimum Gasteiger partial charge on any atom is -0.317 e. The number of fused-ring (bicyclic) bond motifs is 1. The fourth-order valence-electron chi connectivity index (χ4n) is 2.28. The highest BCUT2D eigenvalue weighted by Crippen LogP contribution is 2.29. The molecular weight excluding hydrogens is 427 g/mol. The number of para-hydroxylation sites is 1. The molecule has 0 aliphatic carbocycles. The zero-order valence-corrected chi connectivity index (χ0v) is 16.0. The second-order valence-corrected chi connectivity index (χ2v) is 5.86. The molecule has 0 fully saturated rings. The van der Waals surface area contributed by atoms with Gasteiger partial charge in [0.2, 0.25) is 0 Å². The molecule has 0 saturated carbocycles. The number of thioether (sulfide) groups is 1. The van der Waals surface area contributed by atoms with E-state index in [4.69, 9.17) is 16.6 Å². The predicted molar refractivity (Wildman–Crippen MR) is 110 cm³/mol. The summed E-state index contributed by atoms with van der Waals surface area (Å²) in [6.45, 7) is 0.838. The first kappa shape index (κ1) is 17.4. The summed E-state index contributed by atoms with van der Waals surface area (Å²) in [6, 6.07) is 16.0. The number of hydrogen-bond donors (Lipinski definition) is 0. The maximum atomic E-state index is 5.92. The van der Waals surface area contributed by atoms with E-state index >= 15 is 0 Å². The molecule has 0 radical (unpaired) electrons. The van der Waals surface area contributed by atoms with Crippen molar-refractivity contribution in [2.45, 2.75) is 0 Å². The predicted octanol–water partition coefficient (Wildman–Crippen LogP) is 5.84. The van der Waals surface area contributed by atoms with Crippen LogP contribution in [0.5, 0.6) is 0 Å². The number of anilines is 1. The molecule has 2 nitrogen and oxygen atoms in total. The highest BCUT2D eigenvalue weighted by Gasteiger charge is 2.17. The number of nitrogens with zero attached hydrogens (tertiary/aromatic N) is 2. The molecule has 114 valence electrons. The van der Waals surface area contributed by atoms with Crippen molar-refractivity contribution in [2.24, 2.45) is 4.99 Å². The van der Waals surface area contributed by atoms with Crippen molar-refractivity contribution in [1.29, 1.82) is 0 Å². The van der Waals surface area contributed by atoms with Gasteiger partial charge >= 0.3 is 0 Å². The van der Waals surface area contributed by atoms with Crippen LogP contribution in [-0.4, -0.2) is 18.0 Å². The van der Waals surface area contributed by atoms with Crippen molar-refractivity contribution in [3.8, 4) is 0 Å².